The molecule has 0 radical (unpaired) electrons. The van der Waals surface area contributed by atoms with Gasteiger partial charge < -0.3 is 0 Å². The normalized spacial score (nSPS) is 31.5. The van der Waals surface area contributed by atoms with Crippen LogP contribution in [0.3, 0.4) is 0 Å². The summed E-state index contributed by atoms with van der Waals surface area (Å²) in [6.07, 6.45) is 7.85. The number of ketones is 1. The SMILES string of the molecule is CCCC(=O)CCC1CCC(C)C(C)C1. The van der Waals surface area contributed by atoms with Crippen LogP contribution in [0.4, 0.5) is 0 Å². The van der Waals surface area contributed by atoms with Crippen LogP contribution in [0.25, 0.3) is 0 Å². The van der Waals surface area contributed by atoms with Crippen LogP contribution in [-0.4, -0.2) is 5.78 Å². The van der Waals surface area contributed by atoms with E-state index in [0.29, 0.717) is 5.78 Å². The molecule has 1 saturated carbocycles. The quantitative estimate of drug-likeness (QED) is 0.664. The molecule has 0 aromatic rings. The van der Waals surface area contributed by atoms with Gasteiger partial charge in [-0.25, -0.2) is 0 Å². The maximum atomic E-state index is 11.4. The number of rotatable bonds is 5. The number of carbonyl (C=O) groups is 1. The Balaban J connectivity index is 2.19. The van der Waals surface area contributed by atoms with Crippen molar-refractivity contribution in [2.75, 3.05) is 0 Å². The third kappa shape index (κ3) is 4.36. The predicted octanol–water partition coefficient (Wildman–Crippen LogP) is 4.21. The molecule has 15 heavy (non-hydrogen) atoms. The highest BCUT2D eigenvalue weighted by molar-refractivity contribution is 5.78. The van der Waals surface area contributed by atoms with E-state index < -0.39 is 0 Å². The van der Waals surface area contributed by atoms with Gasteiger partial charge in [0.1, 0.15) is 5.78 Å². The van der Waals surface area contributed by atoms with Crippen molar-refractivity contribution in [1.29, 1.82) is 0 Å². The lowest BCUT2D eigenvalue weighted by atomic mass is 9.74. The summed E-state index contributed by atoms with van der Waals surface area (Å²) in [5.41, 5.74) is 0. The largest absolute Gasteiger partial charge is 0.300 e. The average molecular weight is 210 g/mol. The summed E-state index contributed by atoms with van der Waals surface area (Å²) in [7, 11) is 0. The molecule has 1 aliphatic carbocycles. The van der Waals surface area contributed by atoms with E-state index in [1.165, 1.54) is 19.3 Å². The molecule has 88 valence electrons. The van der Waals surface area contributed by atoms with Gasteiger partial charge in [0.15, 0.2) is 0 Å². The van der Waals surface area contributed by atoms with Gasteiger partial charge in [0, 0.05) is 12.8 Å². The minimum atomic E-state index is 0.476. The molecular formula is C14H26O. The highest BCUT2D eigenvalue weighted by Gasteiger charge is 2.24. The summed E-state index contributed by atoms with van der Waals surface area (Å²) in [6, 6.07) is 0. The van der Waals surface area contributed by atoms with Crippen LogP contribution in [-0.2, 0) is 4.79 Å². The lowest BCUT2D eigenvalue weighted by Crippen LogP contribution is -2.21. The topological polar surface area (TPSA) is 17.1 Å². The summed E-state index contributed by atoms with van der Waals surface area (Å²) < 4.78 is 0. The maximum absolute atomic E-state index is 11.4. The van der Waals surface area contributed by atoms with Crippen molar-refractivity contribution in [3.05, 3.63) is 0 Å². The van der Waals surface area contributed by atoms with Gasteiger partial charge in [0.25, 0.3) is 0 Å². The van der Waals surface area contributed by atoms with Crippen molar-refractivity contribution >= 4 is 5.78 Å². The molecule has 1 aliphatic rings. The standard InChI is InChI=1S/C14H26O/c1-4-5-14(15)9-8-13-7-6-11(2)12(3)10-13/h11-13H,4-10H2,1-3H3. The Morgan fingerprint density at radius 3 is 2.47 bits per heavy atom. The number of hydrogen-bond acceptors (Lipinski definition) is 1. The van der Waals surface area contributed by atoms with E-state index in [0.717, 1.165) is 43.4 Å². The van der Waals surface area contributed by atoms with Crippen molar-refractivity contribution in [3.63, 3.8) is 0 Å². The predicted molar refractivity (Wildman–Crippen MR) is 64.8 cm³/mol. The Morgan fingerprint density at radius 1 is 1.13 bits per heavy atom. The second kappa shape index (κ2) is 6.30. The van der Waals surface area contributed by atoms with Crippen molar-refractivity contribution in [3.8, 4) is 0 Å². The third-order valence-corrected chi connectivity index (χ3v) is 4.07. The molecule has 0 bridgehead atoms. The highest BCUT2D eigenvalue weighted by Crippen LogP contribution is 2.35. The molecule has 1 fully saturated rings. The van der Waals surface area contributed by atoms with E-state index >= 15 is 0 Å². The van der Waals surface area contributed by atoms with Gasteiger partial charge in [0.2, 0.25) is 0 Å². The van der Waals surface area contributed by atoms with E-state index in [-0.39, 0.29) is 0 Å². The van der Waals surface area contributed by atoms with Crippen molar-refractivity contribution in [2.45, 2.75) is 65.7 Å². The molecule has 0 aromatic heterocycles. The second-order valence-electron chi connectivity index (χ2n) is 5.46. The zero-order valence-electron chi connectivity index (χ0n) is 10.6. The summed E-state index contributed by atoms with van der Waals surface area (Å²) in [4.78, 5) is 11.4. The highest BCUT2D eigenvalue weighted by atomic mass is 16.1. The number of carbonyl (C=O) groups excluding carboxylic acids is 1. The second-order valence-corrected chi connectivity index (χ2v) is 5.46. The molecule has 3 atom stereocenters. The third-order valence-electron chi connectivity index (χ3n) is 4.07. The fourth-order valence-corrected chi connectivity index (χ4v) is 2.69. The van der Waals surface area contributed by atoms with Gasteiger partial charge in [-0.05, 0) is 37.0 Å². The van der Waals surface area contributed by atoms with Crippen LogP contribution < -0.4 is 0 Å². The Bertz CT molecular complexity index is 198. The van der Waals surface area contributed by atoms with Gasteiger partial charge in [-0.2, -0.15) is 0 Å². The van der Waals surface area contributed by atoms with Crippen LogP contribution in [0.15, 0.2) is 0 Å². The Morgan fingerprint density at radius 2 is 1.87 bits per heavy atom. The zero-order chi connectivity index (χ0) is 11.3. The zero-order valence-corrected chi connectivity index (χ0v) is 10.6. The first-order chi connectivity index (χ1) is 7.13. The van der Waals surface area contributed by atoms with E-state index in [2.05, 4.69) is 20.8 Å². The number of Topliss-reactive ketones (excluding diaryl/α,β-unsaturated/α-hetero) is 1. The molecule has 1 rings (SSSR count). The fourth-order valence-electron chi connectivity index (χ4n) is 2.69. The molecular weight excluding hydrogens is 184 g/mol. The van der Waals surface area contributed by atoms with E-state index in [1.54, 1.807) is 0 Å². The Labute approximate surface area is 94.6 Å². The van der Waals surface area contributed by atoms with Gasteiger partial charge in [-0.15, -0.1) is 0 Å². The van der Waals surface area contributed by atoms with E-state index in [1.807, 2.05) is 0 Å². The van der Waals surface area contributed by atoms with Crippen molar-refractivity contribution in [2.24, 2.45) is 17.8 Å². The minimum Gasteiger partial charge on any atom is -0.300 e. The summed E-state index contributed by atoms with van der Waals surface area (Å²) in [5.74, 6) is 3.07. The molecule has 0 amide bonds. The monoisotopic (exact) mass is 210 g/mol. The van der Waals surface area contributed by atoms with Crippen molar-refractivity contribution in [1.82, 2.24) is 0 Å². The summed E-state index contributed by atoms with van der Waals surface area (Å²) in [5, 5.41) is 0. The molecule has 0 saturated heterocycles. The average Bonchev–Trinajstić information content (AvgIpc) is 2.20. The molecule has 3 unspecified atom stereocenters. The van der Waals surface area contributed by atoms with Crippen LogP contribution in [0.5, 0.6) is 0 Å². The first-order valence-corrected chi connectivity index (χ1v) is 6.65. The molecule has 0 N–H and O–H groups in total. The minimum absolute atomic E-state index is 0.476. The lowest BCUT2D eigenvalue weighted by Gasteiger charge is -2.31. The van der Waals surface area contributed by atoms with Gasteiger partial charge in [-0.3, -0.25) is 4.79 Å². The molecule has 0 aromatic carbocycles. The van der Waals surface area contributed by atoms with Gasteiger partial charge in [-0.1, -0.05) is 33.6 Å². The van der Waals surface area contributed by atoms with Crippen LogP contribution >= 0.6 is 0 Å². The molecule has 1 nitrogen and oxygen atoms in total. The molecule has 0 aliphatic heterocycles. The summed E-state index contributed by atoms with van der Waals surface area (Å²) in [6.45, 7) is 6.82. The van der Waals surface area contributed by atoms with Crippen LogP contribution in [0.1, 0.15) is 65.7 Å². The fraction of sp³-hybridized carbons (Fsp3) is 0.929. The first-order valence-electron chi connectivity index (χ1n) is 6.65. The van der Waals surface area contributed by atoms with Crippen molar-refractivity contribution < 1.29 is 4.79 Å². The Kier molecular flexibility index (Phi) is 5.35. The van der Waals surface area contributed by atoms with E-state index in [4.69, 9.17) is 0 Å². The molecule has 1 heteroatoms. The van der Waals surface area contributed by atoms with Crippen LogP contribution in [0.2, 0.25) is 0 Å². The number of hydrogen-bond donors (Lipinski definition) is 0. The van der Waals surface area contributed by atoms with E-state index in [9.17, 15) is 4.79 Å². The first kappa shape index (κ1) is 12.7. The maximum Gasteiger partial charge on any atom is 0.132 e. The lowest BCUT2D eigenvalue weighted by molar-refractivity contribution is -0.119. The molecule has 0 heterocycles. The molecule has 0 spiro atoms. The summed E-state index contributed by atoms with van der Waals surface area (Å²) >= 11 is 0. The van der Waals surface area contributed by atoms with Gasteiger partial charge in [0.05, 0.1) is 0 Å². The Hall–Kier alpha value is -0.330. The van der Waals surface area contributed by atoms with Gasteiger partial charge >= 0.3 is 0 Å². The van der Waals surface area contributed by atoms with Crippen LogP contribution in [0, 0.1) is 17.8 Å². The smallest absolute Gasteiger partial charge is 0.132 e.